The molecule has 0 atom stereocenters. The monoisotopic (exact) mass is 317 g/mol. The third-order valence-electron chi connectivity index (χ3n) is 4.41. The lowest BCUT2D eigenvalue weighted by atomic mass is 9.87. The Morgan fingerprint density at radius 1 is 1.09 bits per heavy atom. The number of nitrogens with one attached hydrogen (secondary N) is 1. The molecular weight excluding hydrogens is 294 g/mol. The predicted molar refractivity (Wildman–Crippen MR) is 87.9 cm³/mol. The van der Waals surface area contributed by atoms with Crippen LogP contribution in [0.2, 0.25) is 0 Å². The van der Waals surface area contributed by atoms with Crippen molar-refractivity contribution >= 4 is 6.01 Å². The first-order valence-corrected chi connectivity index (χ1v) is 8.02. The maximum absolute atomic E-state index is 5.33. The van der Waals surface area contributed by atoms with Crippen LogP contribution in [0, 0.1) is 5.92 Å². The van der Waals surface area contributed by atoms with Crippen molar-refractivity contribution in [1.29, 1.82) is 0 Å². The van der Waals surface area contributed by atoms with Crippen LogP contribution in [-0.4, -0.2) is 30.4 Å². The van der Waals surface area contributed by atoms with E-state index in [1.165, 1.54) is 12.8 Å². The minimum atomic E-state index is 0.421. The smallest absolute Gasteiger partial charge is 0.322 e. The van der Waals surface area contributed by atoms with E-state index in [-0.39, 0.29) is 0 Å². The molecule has 0 radical (unpaired) electrons. The molecule has 0 bridgehead atoms. The molecule has 0 saturated heterocycles. The molecule has 1 aromatic heterocycles. The van der Waals surface area contributed by atoms with Crippen LogP contribution in [0.5, 0.6) is 11.5 Å². The van der Waals surface area contributed by atoms with Crippen molar-refractivity contribution in [2.24, 2.45) is 5.92 Å². The summed E-state index contributed by atoms with van der Waals surface area (Å²) in [5.41, 5.74) is 0.830. The molecule has 124 valence electrons. The number of nitrogens with zero attached hydrogens (tertiary/aromatic N) is 2. The Morgan fingerprint density at radius 2 is 1.83 bits per heavy atom. The summed E-state index contributed by atoms with van der Waals surface area (Å²) in [6, 6.07) is 6.47. The Morgan fingerprint density at radius 3 is 2.52 bits per heavy atom. The first kappa shape index (κ1) is 15.6. The second-order valence-corrected chi connectivity index (χ2v) is 6.09. The first-order valence-electron chi connectivity index (χ1n) is 8.02. The zero-order chi connectivity index (χ0) is 16.2. The Balaban J connectivity index is 1.71. The van der Waals surface area contributed by atoms with E-state index in [1.807, 2.05) is 18.2 Å². The molecule has 1 saturated carbocycles. The fourth-order valence-electron chi connectivity index (χ4n) is 2.95. The van der Waals surface area contributed by atoms with Crippen LogP contribution >= 0.6 is 0 Å². The van der Waals surface area contributed by atoms with Gasteiger partial charge in [0.15, 0.2) is 11.5 Å². The molecule has 1 fully saturated rings. The summed E-state index contributed by atoms with van der Waals surface area (Å²) < 4.78 is 15.9. The molecule has 1 aliphatic rings. The van der Waals surface area contributed by atoms with Gasteiger partial charge in [0.1, 0.15) is 0 Å². The number of hydrogen-bond acceptors (Lipinski definition) is 6. The third kappa shape index (κ3) is 3.57. The Bertz CT molecular complexity index is 648. The van der Waals surface area contributed by atoms with Gasteiger partial charge in [-0.25, -0.2) is 0 Å². The molecular formula is C17H23N3O3. The lowest BCUT2D eigenvalue weighted by Crippen LogP contribution is -2.25. The number of aromatic nitrogens is 2. The highest BCUT2D eigenvalue weighted by Crippen LogP contribution is 2.32. The van der Waals surface area contributed by atoms with E-state index >= 15 is 0 Å². The molecule has 1 heterocycles. The number of hydrogen-bond donors (Lipinski definition) is 1. The van der Waals surface area contributed by atoms with Crippen LogP contribution in [0.1, 0.15) is 32.6 Å². The molecule has 2 aromatic rings. The zero-order valence-electron chi connectivity index (χ0n) is 13.8. The van der Waals surface area contributed by atoms with E-state index in [0.717, 1.165) is 24.3 Å². The highest BCUT2D eigenvalue weighted by atomic mass is 16.5. The van der Waals surface area contributed by atoms with Crippen molar-refractivity contribution in [2.45, 2.75) is 38.6 Å². The normalized spacial score (nSPS) is 21.0. The lowest BCUT2D eigenvalue weighted by molar-refractivity contribution is 0.350. The summed E-state index contributed by atoms with van der Waals surface area (Å²) >= 11 is 0. The van der Waals surface area contributed by atoms with Crippen molar-refractivity contribution < 1.29 is 14.0 Å². The highest BCUT2D eigenvalue weighted by Gasteiger charge is 2.20. The molecule has 0 aliphatic heterocycles. The summed E-state index contributed by atoms with van der Waals surface area (Å²) in [5.74, 6) is 2.68. The van der Waals surface area contributed by atoms with Crippen LogP contribution in [0.4, 0.5) is 6.01 Å². The van der Waals surface area contributed by atoms with Gasteiger partial charge in [-0.2, -0.15) is 4.98 Å². The van der Waals surface area contributed by atoms with Crippen molar-refractivity contribution in [2.75, 3.05) is 19.5 Å². The second-order valence-electron chi connectivity index (χ2n) is 6.09. The van der Waals surface area contributed by atoms with Gasteiger partial charge >= 0.3 is 6.01 Å². The molecule has 1 aromatic carbocycles. The third-order valence-corrected chi connectivity index (χ3v) is 4.41. The van der Waals surface area contributed by atoms with Crippen LogP contribution in [0.15, 0.2) is 22.7 Å². The summed E-state index contributed by atoms with van der Waals surface area (Å²) in [6.45, 7) is 2.30. The minimum Gasteiger partial charge on any atom is -0.493 e. The molecule has 0 unspecified atom stereocenters. The van der Waals surface area contributed by atoms with E-state index < -0.39 is 0 Å². The van der Waals surface area contributed by atoms with E-state index in [9.17, 15) is 0 Å². The van der Waals surface area contributed by atoms with Gasteiger partial charge in [-0.1, -0.05) is 12.1 Å². The summed E-state index contributed by atoms with van der Waals surface area (Å²) in [6.07, 6.45) is 4.78. The topological polar surface area (TPSA) is 69.4 Å². The SMILES string of the molecule is COc1ccc(-c2noc(NC3CCC(C)CC3)n2)cc1OC. The fourth-order valence-corrected chi connectivity index (χ4v) is 2.95. The number of benzene rings is 1. The summed E-state index contributed by atoms with van der Waals surface area (Å²) in [4.78, 5) is 4.44. The molecule has 6 heteroatoms. The molecule has 1 aliphatic carbocycles. The van der Waals surface area contributed by atoms with Crippen molar-refractivity contribution in [3.8, 4) is 22.9 Å². The van der Waals surface area contributed by atoms with Gasteiger partial charge in [0.2, 0.25) is 5.82 Å². The maximum atomic E-state index is 5.33. The van der Waals surface area contributed by atoms with Gasteiger partial charge in [0, 0.05) is 11.6 Å². The molecule has 1 N–H and O–H groups in total. The van der Waals surface area contributed by atoms with Gasteiger partial charge in [-0.05, 0) is 49.8 Å². The molecule has 0 spiro atoms. The van der Waals surface area contributed by atoms with Crippen LogP contribution in [0.3, 0.4) is 0 Å². The van der Waals surface area contributed by atoms with E-state index in [0.29, 0.717) is 29.4 Å². The van der Waals surface area contributed by atoms with Crippen LogP contribution in [0.25, 0.3) is 11.4 Å². The number of anilines is 1. The van der Waals surface area contributed by atoms with E-state index in [2.05, 4.69) is 22.4 Å². The average molecular weight is 317 g/mol. The van der Waals surface area contributed by atoms with Gasteiger partial charge in [-0.15, -0.1) is 0 Å². The Kier molecular flexibility index (Phi) is 4.69. The quantitative estimate of drug-likeness (QED) is 0.906. The Hall–Kier alpha value is -2.24. The predicted octanol–water partition coefficient (Wildman–Crippen LogP) is 3.74. The first-order chi connectivity index (χ1) is 11.2. The number of ether oxygens (including phenoxy) is 2. The standard InChI is InChI=1S/C17H23N3O3/c1-11-4-7-13(8-5-11)18-17-19-16(20-23-17)12-6-9-14(21-2)15(10-12)22-3/h6,9-11,13H,4-5,7-8H2,1-3H3,(H,18,19,20). The fraction of sp³-hybridized carbons (Fsp3) is 0.529. The molecule has 0 amide bonds. The van der Waals surface area contributed by atoms with Crippen LogP contribution in [-0.2, 0) is 0 Å². The molecule has 6 nitrogen and oxygen atoms in total. The van der Waals surface area contributed by atoms with Gasteiger partial charge < -0.3 is 19.3 Å². The van der Waals surface area contributed by atoms with Gasteiger partial charge in [-0.3, -0.25) is 0 Å². The summed E-state index contributed by atoms with van der Waals surface area (Å²) in [5, 5.41) is 7.40. The Labute approximate surface area is 136 Å². The maximum Gasteiger partial charge on any atom is 0.322 e. The lowest BCUT2D eigenvalue weighted by Gasteiger charge is -2.25. The highest BCUT2D eigenvalue weighted by molar-refractivity contribution is 5.61. The minimum absolute atomic E-state index is 0.421. The summed E-state index contributed by atoms with van der Waals surface area (Å²) in [7, 11) is 3.22. The average Bonchev–Trinajstić information content (AvgIpc) is 3.05. The largest absolute Gasteiger partial charge is 0.493 e. The van der Waals surface area contributed by atoms with Gasteiger partial charge in [0.25, 0.3) is 0 Å². The molecule has 3 rings (SSSR count). The zero-order valence-corrected chi connectivity index (χ0v) is 13.8. The van der Waals surface area contributed by atoms with Crippen molar-refractivity contribution in [3.05, 3.63) is 18.2 Å². The molecule has 23 heavy (non-hydrogen) atoms. The van der Waals surface area contributed by atoms with Gasteiger partial charge in [0.05, 0.1) is 14.2 Å². The van der Waals surface area contributed by atoms with E-state index in [4.69, 9.17) is 14.0 Å². The van der Waals surface area contributed by atoms with Crippen molar-refractivity contribution in [1.82, 2.24) is 10.1 Å². The number of methoxy groups -OCH3 is 2. The second kappa shape index (κ2) is 6.89. The van der Waals surface area contributed by atoms with E-state index in [1.54, 1.807) is 14.2 Å². The number of rotatable bonds is 5. The van der Waals surface area contributed by atoms with Crippen LogP contribution < -0.4 is 14.8 Å². The van der Waals surface area contributed by atoms with Crippen molar-refractivity contribution in [3.63, 3.8) is 0 Å².